The lowest BCUT2D eigenvalue weighted by Crippen LogP contribution is -2.49. The van der Waals surface area contributed by atoms with Crippen molar-refractivity contribution in [2.75, 3.05) is 0 Å². The van der Waals surface area contributed by atoms with E-state index in [0.717, 1.165) is 25.7 Å². The van der Waals surface area contributed by atoms with E-state index >= 15 is 0 Å². The van der Waals surface area contributed by atoms with E-state index in [1.54, 1.807) is 13.8 Å². The maximum Gasteiger partial charge on any atom is 0.336 e. The largest absolute Gasteiger partial charge is 0.479 e. The fourth-order valence-electron chi connectivity index (χ4n) is 1.95. The Hall–Kier alpha value is -0.570. The summed E-state index contributed by atoms with van der Waals surface area (Å²) in [6.45, 7) is 7.44. The van der Waals surface area contributed by atoms with Crippen molar-refractivity contribution in [3.8, 4) is 0 Å². The highest BCUT2D eigenvalue weighted by Crippen LogP contribution is 2.30. The molecule has 0 rings (SSSR count). The molecule has 15 heavy (non-hydrogen) atoms. The number of unbranched alkanes of at least 4 members (excludes halogenated alkanes) is 2. The summed E-state index contributed by atoms with van der Waals surface area (Å²) in [4.78, 5) is 11.1. The zero-order chi connectivity index (χ0) is 12.1. The number of carboxylic acid groups (broad SMARTS) is 1. The van der Waals surface area contributed by atoms with Gasteiger partial charge in [-0.05, 0) is 18.3 Å². The number of aliphatic hydroxyl groups is 1. The minimum Gasteiger partial charge on any atom is -0.479 e. The predicted molar refractivity (Wildman–Crippen MR) is 60.7 cm³/mol. The first-order valence-electron chi connectivity index (χ1n) is 5.83. The van der Waals surface area contributed by atoms with Gasteiger partial charge in [0.05, 0.1) is 0 Å². The van der Waals surface area contributed by atoms with Gasteiger partial charge < -0.3 is 10.2 Å². The third-order valence-corrected chi connectivity index (χ3v) is 3.21. The van der Waals surface area contributed by atoms with E-state index in [0.29, 0.717) is 0 Å². The van der Waals surface area contributed by atoms with Gasteiger partial charge >= 0.3 is 5.97 Å². The minimum atomic E-state index is -1.58. The summed E-state index contributed by atoms with van der Waals surface area (Å²) in [5, 5.41) is 19.2. The summed E-state index contributed by atoms with van der Waals surface area (Å²) in [6.07, 6.45) is 3.97. The van der Waals surface area contributed by atoms with Crippen LogP contribution >= 0.6 is 0 Å². The number of carboxylic acids is 1. The van der Waals surface area contributed by atoms with Gasteiger partial charge in [0.2, 0.25) is 0 Å². The van der Waals surface area contributed by atoms with Crippen LogP contribution in [0.2, 0.25) is 0 Å². The van der Waals surface area contributed by atoms with Gasteiger partial charge in [-0.3, -0.25) is 0 Å². The minimum absolute atomic E-state index is 0.193. The number of rotatable bonds is 7. The van der Waals surface area contributed by atoms with Gasteiger partial charge in [-0.2, -0.15) is 0 Å². The molecule has 2 atom stereocenters. The average molecular weight is 216 g/mol. The molecule has 0 heterocycles. The topological polar surface area (TPSA) is 57.5 Å². The highest BCUT2D eigenvalue weighted by molar-refractivity contribution is 5.77. The van der Waals surface area contributed by atoms with Crippen LogP contribution in [0.5, 0.6) is 0 Å². The van der Waals surface area contributed by atoms with E-state index < -0.39 is 11.6 Å². The van der Waals surface area contributed by atoms with E-state index in [2.05, 4.69) is 6.92 Å². The van der Waals surface area contributed by atoms with Gasteiger partial charge in [-0.15, -0.1) is 0 Å². The summed E-state index contributed by atoms with van der Waals surface area (Å²) >= 11 is 0. The van der Waals surface area contributed by atoms with Crippen molar-refractivity contribution in [1.29, 1.82) is 0 Å². The summed E-state index contributed by atoms with van der Waals surface area (Å²) in [5.74, 6) is -1.55. The maximum absolute atomic E-state index is 11.1. The summed E-state index contributed by atoms with van der Waals surface area (Å²) in [6, 6.07) is 0. The van der Waals surface area contributed by atoms with Crippen molar-refractivity contribution in [2.45, 2.75) is 59.0 Å². The fraction of sp³-hybridized carbons (Fsp3) is 0.917. The summed E-state index contributed by atoms with van der Waals surface area (Å²) in [5.41, 5.74) is -1.58. The third kappa shape index (κ3) is 3.49. The molecule has 0 radical (unpaired) electrons. The molecule has 0 aliphatic rings. The second-order valence-corrected chi connectivity index (χ2v) is 4.68. The number of hydrogen-bond donors (Lipinski definition) is 2. The van der Waals surface area contributed by atoms with Gasteiger partial charge in [-0.25, -0.2) is 4.79 Å². The molecule has 0 aromatic heterocycles. The Balaban J connectivity index is 4.43. The van der Waals surface area contributed by atoms with E-state index in [1.807, 2.05) is 6.92 Å². The van der Waals surface area contributed by atoms with Gasteiger partial charge in [0, 0.05) is 0 Å². The highest BCUT2D eigenvalue weighted by atomic mass is 16.4. The molecule has 0 amide bonds. The molecule has 0 spiro atoms. The number of aliphatic carboxylic acids is 1. The molecule has 3 heteroatoms. The lowest BCUT2D eigenvalue weighted by Gasteiger charge is -2.33. The zero-order valence-electron chi connectivity index (χ0n) is 10.3. The van der Waals surface area contributed by atoms with E-state index in [1.165, 1.54) is 0 Å². The van der Waals surface area contributed by atoms with Crippen LogP contribution in [0.25, 0.3) is 0 Å². The SMILES string of the molecule is CCCCCC(C)C(O)(C(=O)O)C(C)C. The van der Waals surface area contributed by atoms with Crippen LogP contribution in [0.3, 0.4) is 0 Å². The Morgan fingerprint density at radius 2 is 1.80 bits per heavy atom. The van der Waals surface area contributed by atoms with Gasteiger partial charge in [-0.1, -0.05) is 47.0 Å². The van der Waals surface area contributed by atoms with E-state index in [9.17, 15) is 9.90 Å². The van der Waals surface area contributed by atoms with Crippen molar-refractivity contribution in [1.82, 2.24) is 0 Å². The van der Waals surface area contributed by atoms with Crippen LogP contribution in [-0.2, 0) is 4.79 Å². The molecule has 3 nitrogen and oxygen atoms in total. The molecule has 0 aromatic rings. The molecule has 0 aromatic carbocycles. The Morgan fingerprint density at radius 3 is 2.13 bits per heavy atom. The van der Waals surface area contributed by atoms with Crippen molar-refractivity contribution >= 4 is 5.97 Å². The lowest BCUT2D eigenvalue weighted by atomic mass is 9.77. The third-order valence-electron chi connectivity index (χ3n) is 3.21. The Labute approximate surface area is 92.5 Å². The predicted octanol–water partition coefficient (Wildman–Crippen LogP) is 2.67. The lowest BCUT2D eigenvalue weighted by molar-refractivity contribution is -0.171. The quantitative estimate of drug-likeness (QED) is 0.643. The molecular formula is C12H24O3. The molecule has 0 saturated carbocycles. The van der Waals surface area contributed by atoms with Crippen molar-refractivity contribution < 1.29 is 15.0 Å². The maximum atomic E-state index is 11.1. The molecule has 2 N–H and O–H groups in total. The second-order valence-electron chi connectivity index (χ2n) is 4.68. The first kappa shape index (κ1) is 14.4. The summed E-state index contributed by atoms with van der Waals surface area (Å²) in [7, 11) is 0. The van der Waals surface area contributed by atoms with Gasteiger partial charge in [0.15, 0.2) is 5.60 Å². The van der Waals surface area contributed by atoms with Crippen molar-refractivity contribution in [3.63, 3.8) is 0 Å². The molecule has 0 fully saturated rings. The smallest absolute Gasteiger partial charge is 0.336 e. The van der Waals surface area contributed by atoms with Crippen LogP contribution in [-0.4, -0.2) is 21.8 Å². The van der Waals surface area contributed by atoms with Crippen LogP contribution in [0.15, 0.2) is 0 Å². The second kappa shape index (κ2) is 6.11. The van der Waals surface area contributed by atoms with E-state index in [4.69, 9.17) is 5.11 Å². The number of carbonyl (C=O) groups is 1. The zero-order valence-corrected chi connectivity index (χ0v) is 10.3. The molecule has 0 aliphatic heterocycles. The normalized spacial score (nSPS) is 17.5. The Kier molecular flexibility index (Phi) is 5.88. The Morgan fingerprint density at radius 1 is 1.27 bits per heavy atom. The fourth-order valence-corrected chi connectivity index (χ4v) is 1.95. The van der Waals surface area contributed by atoms with Gasteiger partial charge in [0.25, 0.3) is 0 Å². The highest BCUT2D eigenvalue weighted by Gasteiger charge is 2.44. The molecule has 0 saturated heterocycles. The molecule has 0 bridgehead atoms. The molecular weight excluding hydrogens is 192 g/mol. The van der Waals surface area contributed by atoms with E-state index in [-0.39, 0.29) is 11.8 Å². The molecule has 90 valence electrons. The van der Waals surface area contributed by atoms with Gasteiger partial charge in [0.1, 0.15) is 0 Å². The number of hydrogen-bond acceptors (Lipinski definition) is 2. The van der Waals surface area contributed by atoms with Crippen molar-refractivity contribution in [2.24, 2.45) is 11.8 Å². The average Bonchev–Trinajstić information content (AvgIpc) is 2.15. The first-order valence-corrected chi connectivity index (χ1v) is 5.83. The van der Waals surface area contributed by atoms with Crippen LogP contribution < -0.4 is 0 Å². The molecule has 0 aliphatic carbocycles. The Bertz CT molecular complexity index is 201. The van der Waals surface area contributed by atoms with Crippen molar-refractivity contribution in [3.05, 3.63) is 0 Å². The van der Waals surface area contributed by atoms with Crippen LogP contribution in [0.1, 0.15) is 53.4 Å². The summed E-state index contributed by atoms with van der Waals surface area (Å²) < 4.78 is 0. The monoisotopic (exact) mass is 216 g/mol. The molecule has 2 unspecified atom stereocenters. The van der Waals surface area contributed by atoms with Crippen LogP contribution in [0.4, 0.5) is 0 Å². The first-order chi connectivity index (χ1) is 6.87. The van der Waals surface area contributed by atoms with Crippen LogP contribution in [0, 0.1) is 11.8 Å². The standard InChI is InChI=1S/C12H24O3/c1-5-6-7-8-10(4)12(15,9(2)3)11(13)14/h9-10,15H,5-8H2,1-4H3,(H,13,14).